The molecule has 2 heteroatoms. The van der Waals surface area contributed by atoms with Crippen molar-refractivity contribution in [2.45, 2.75) is 57.5 Å². The number of nitrogens with one attached hydrogen (secondary N) is 1. The maximum absolute atomic E-state index is 4.01. The summed E-state index contributed by atoms with van der Waals surface area (Å²) in [5.41, 5.74) is 1.32. The molecule has 92 valence electrons. The second-order valence-electron chi connectivity index (χ2n) is 5.58. The molecule has 1 saturated heterocycles. The zero-order valence-corrected chi connectivity index (χ0v) is 10.7. The largest absolute Gasteiger partial charge is 0.312 e. The van der Waals surface area contributed by atoms with Crippen molar-refractivity contribution >= 4 is 0 Å². The van der Waals surface area contributed by atoms with Crippen LogP contribution in [0.3, 0.4) is 0 Å². The average molecular weight is 222 g/mol. The van der Waals surface area contributed by atoms with E-state index in [-0.39, 0.29) is 0 Å². The molecule has 1 aliphatic carbocycles. The van der Waals surface area contributed by atoms with Crippen LogP contribution in [0.4, 0.5) is 0 Å². The van der Waals surface area contributed by atoms with Crippen molar-refractivity contribution in [3.8, 4) is 0 Å². The molecule has 1 heterocycles. The van der Waals surface area contributed by atoms with Crippen LogP contribution in [0, 0.1) is 0 Å². The van der Waals surface area contributed by atoms with E-state index in [4.69, 9.17) is 0 Å². The molecule has 0 spiro atoms. The number of nitrogens with zero attached hydrogens (tertiary/aromatic N) is 1. The molecule has 0 aromatic heterocycles. The first-order valence-electron chi connectivity index (χ1n) is 6.87. The minimum atomic E-state index is 0.786. The molecule has 0 amide bonds. The SMILES string of the molecule is C=C(C)CCN1CCCCC1CNC1CC1. The van der Waals surface area contributed by atoms with Gasteiger partial charge in [0.1, 0.15) is 0 Å². The van der Waals surface area contributed by atoms with Crippen LogP contribution in [-0.2, 0) is 0 Å². The molecule has 1 atom stereocenters. The van der Waals surface area contributed by atoms with E-state index in [1.54, 1.807) is 0 Å². The Kier molecular flexibility index (Phi) is 4.42. The first-order valence-corrected chi connectivity index (χ1v) is 6.87. The van der Waals surface area contributed by atoms with Crippen molar-refractivity contribution in [3.63, 3.8) is 0 Å². The normalized spacial score (nSPS) is 26.9. The van der Waals surface area contributed by atoms with Crippen LogP contribution in [0.25, 0.3) is 0 Å². The number of hydrogen-bond acceptors (Lipinski definition) is 2. The molecule has 0 aromatic rings. The van der Waals surface area contributed by atoms with Gasteiger partial charge in [0.15, 0.2) is 0 Å². The minimum absolute atomic E-state index is 0.786. The molecule has 2 nitrogen and oxygen atoms in total. The fourth-order valence-corrected chi connectivity index (χ4v) is 2.51. The van der Waals surface area contributed by atoms with Crippen LogP contribution in [0.2, 0.25) is 0 Å². The second-order valence-corrected chi connectivity index (χ2v) is 5.58. The average Bonchev–Trinajstić information content (AvgIpc) is 3.08. The van der Waals surface area contributed by atoms with E-state index >= 15 is 0 Å². The lowest BCUT2D eigenvalue weighted by Gasteiger charge is -2.36. The predicted molar refractivity (Wildman–Crippen MR) is 69.7 cm³/mol. The van der Waals surface area contributed by atoms with Gasteiger partial charge in [0.25, 0.3) is 0 Å². The summed E-state index contributed by atoms with van der Waals surface area (Å²) in [5.74, 6) is 0. The molecule has 2 fully saturated rings. The number of piperidine rings is 1. The molecule has 1 aliphatic heterocycles. The van der Waals surface area contributed by atoms with Crippen LogP contribution < -0.4 is 5.32 Å². The van der Waals surface area contributed by atoms with Gasteiger partial charge in [-0.15, -0.1) is 6.58 Å². The molecule has 2 aliphatic rings. The number of likely N-dealkylation sites (tertiary alicyclic amines) is 1. The summed E-state index contributed by atoms with van der Waals surface area (Å²) in [7, 11) is 0. The zero-order chi connectivity index (χ0) is 11.4. The van der Waals surface area contributed by atoms with Gasteiger partial charge in [-0.25, -0.2) is 0 Å². The molecule has 1 saturated carbocycles. The van der Waals surface area contributed by atoms with E-state index in [1.807, 2.05) is 0 Å². The lowest BCUT2D eigenvalue weighted by Crippen LogP contribution is -2.46. The smallest absolute Gasteiger partial charge is 0.0220 e. The van der Waals surface area contributed by atoms with Gasteiger partial charge in [0.2, 0.25) is 0 Å². The Bertz CT molecular complexity index is 233. The Morgan fingerprint density at radius 1 is 1.31 bits per heavy atom. The zero-order valence-electron chi connectivity index (χ0n) is 10.7. The van der Waals surface area contributed by atoms with E-state index in [2.05, 4.69) is 23.7 Å². The molecular weight excluding hydrogens is 196 g/mol. The monoisotopic (exact) mass is 222 g/mol. The molecule has 0 bridgehead atoms. The highest BCUT2D eigenvalue weighted by molar-refractivity contribution is 4.91. The summed E-state index contributed by atoms with van der Waals surface area (Å²) < 4.78 is 0. The molecule has 1 unspecified atom stereocenters. The van der Waals surface area contributed by atoms with Gasteiger partial charge in [0, 0.05) is 25.2 Å². The van der Waals surface area contributed by atoms with Crippen LogP contribution in [0.5, 0.6) is 0 Å². The molecule has 16 heavy (non-hydrogen) atoms. The van der Waals surface area contributed by atoms with Crippen LogP contribution >= 0.6 is 0 Å². The summed E-state index contributed by atoms with van der Waals surface area (Å²) in [6.45, 7) is 9.87. The standard InChI is InChI=1S/C14H26N2/c1-12(2)8-10-16-9-4-3-5-14(16)11-15-13-6-7-13/h13-15H,1,3-11H2,2H3. The van der Waals surface area contributed by atoms with Crippen molar-refractivity contribution in [1.29, 1.82) is 0 Å². The summed E-state index contributed by atoms with van der Waals surface area (Å²) in [4.78, 5) is 2.67. The lowest BCUT2D eigenvalue weighted by atomic mass is 10.0. The van der Waals surface area contributed by atoms with E-state index in [1.165, 1.54) is 63.7 Å². The Morgan fingerprint density at radius 2 is 2.12 bits per heavy atom. The van der Waals surface area contributed by atoms with Crippen molar-refractivity contribution in [3.05, 3.63) is 12.2 Å². The lowest BCUT2D eigenvalue weighted by molar-refractivity contribution is 0.147. The van der Waals surface area contributed by atoms with Gasteiger partial charge in [-0.2, -0.15) is 0 Å². The fourth-order valence-electron chi connectivity index (χ4n) is 2.51. The Morgan fingerprint density at radius 3 is 2.81 bits per heavy atom. The van der Waals surface area contributed by atoms with Crippen LogP contribution in [0.1, 0.15) is 45.4 Å². The summed E-state index contributed by atoms with van der Waals surface area (Å²) in [6.07, 6.45) is 8.16. The Hall–Kier alpha value is -0.340. The van der Waals surface area contributed by atoms with E-state index in [9.17, 15) is 0 Å². The van der Waals surface area contributed by atoms with Gasteiger partial charge < -0.3 is 5.32 Å². The third kappa shape index (κ3) is 3.91. The summed E-state index contributed by atoms with van der Waals surface area (Å²) in [5, 5.41) is 3.68. The quantitative estimate of drug-likeness (QED) is 0.695. The first-order chi connectivity index (χ1) is 7.75. The van der Waals surface area contributed by atoms with Crippen LogP contribution in [0.15, 0.2) is 12.2 Å². The van der Waals surface area contributed by atoms with Gasteiger partial charge in [-0.1, -0.05) is 12.0 Å². The van der Waals surface area contributed by atoms with E-state index in [0.29, 0.717) is 0 Å². The first kappa shape index (κ1) is 12.1. The number of hydrogen-bond donors (Lipinski definition) is 1. The molecule has 2 rings (SSSR count). The molecule has 0 aromatic carbocycles. The topological polar surface area (TPSA) is 15.3 Å². The highest BCUT2D eigenvalue weighted by Gasteiger charge is 2.25. The van der Waals surface area contributed by atoms with Gasteiger partial charge in [-0.05, 0) is 45.6 Å². The van der Waals surface area contributed by atoms with E-state index in [0.717, 1.165) is 12.1 Å². The fraction of sp³-hybridized carbons (Fsp3) is 0.857. The van der Waals surface area contributed by atoms with Crippen molar-refractivity contribution in [1.82, 2.24) is 10.2 Å². The molecule has 0 radical (unpaired) electrons. The van der Waals surface area contributed by atoms with Gasteiger partial charge >= 0.3 is 0 Å². The Labute approximate surface area is 100 Å². The highest BCUT2D eigenvalue weighted by Crippen LogP contribution is 2.21. The molecular formula is C14H26N2. The molecule has 1 N–H and O–H groups in total. The van der Waals surface area contributed by atoms with Gasteiger partial charge in [0.05, 0.1) is 0 Å². The minimum Gasteiger partial charge on any atom is -0.312 e. The van der Waals surface area contributed by atoms with Crippen molar-refractivity contribution < 1.29 is 0 Å². The summed E-state index contributed by atoms with van der Waals surface area (Å²) >= 11 is 0. The predicted octanol–water partition coefficient (Wildman–Crippen LogP) is 2.56. The highest BCUT2D eigenvalue weighted by atomic mass is 15.2. The maximum Gasteiger partial charge on any atom is 0.0220 e. The third-order valence-electron chi connectivity index (χ3n) is 3.79. The second kappa shape index (κ2) is 5.83. The Balaban J connectivity index is 1.73. The number of rotatable bonds is 6. The third-order valence-corrected chi connectivity index (χ3v) is 3.79. The van der Waals surface area contributed by atoms with Crippen molar-refractivity contribution in [2.24, 2.45) is 0 Å². The van der Waals surface area contributed by atoms with Gasteiger partial charge in [-0.3, -0.25) is 4.90 Å². The maximum atomic E-state index is 4.01. The van der Waals surface area contributed by atoms with E-state index < -0.39 is 0 Å². The van der Waals surface area contributed by atoms with Crippen molar-refractivity contribution in [2.75, 3.05) is 19.6 Å². The summed E-state index contributed by atoms with van der Waals surface area (Å²) in [6, 6.07) is 1.64. The van der Waals surface area contributed by atoms with Crippen LogP contribution in [-0.4, -0.2) is 36.6 Å².